The highest BCUT2D eigenvalue weighted by Gasteiger charge is 2.36. The summed E-state index contributed by atoms with van der Waals surface area (Å²) < 4.78 is 11.6. The molecule has 40 heavy (non-hydrogen) atoms. The van der Waals surface area contributed by atoms with Gasteiger partial charge in [-0.05, 0) is 19.8 Å². The molecule has 0 aromatic heterocycles. The lowest BCUT2D eigenvalue weighted by Gasteiger charge is -2.26. The number of likely N-dealkylation sites (N-methyl/N-ethyl adjacent to an activating group) is 1. The Hall–Kier alpha value is -1.87. The Morgan fingerprint density at radius 2 is 1.43 bits per heavy atom. The number of amides is 4. The van der Waals surface area contributed by atoms with Gasteiger partial charge in [0, 0.05) is 13.7 Å². The first-order valence-corrected chi connectivity index (χ1v) is 15.9. The van der Waals surface area contributed by atoms with Crippen molar-refractivity contribution < 1.29 is 28.3 Å². The summed E-state index contributed by atoms with van der Waals surface area (Å²) in [5, 5.41) is 2.96. The van der Waals surface area contributed by atoms with Crippen LogP contribution in [0.1, 0.15) is 110 Å². The van der Waals surface area contributed by atoms with Crippen molar-refractivity contribution in [1.29, 1.82) is 0 Å². The van der Waals surface area contributed by atoms with Crippen molar-refractivity contribution in [3.05, 3.63) is 0 Å². The monoisotopic (exact) mass is 569 g/mol. The minimum absolute atomic E-state index is 0.0920. The lowest BCUT2D eigenvalue weighted by molar-refractivity contribution is -0.869. The van der Waals surface area contributed by atoms with E-state index < -0.39 is 6.09 Å². The number of quaternary nitrogens is 1. The van der Waals surface area contributed by atoms with Crippen molar-refractivity contribution in [3.63, 3.8) is 0 Å². The molecule has 1 rings (SSSR count). The number of imide groups is 1. The first kappa shape index (κ1) is 36.2. The number of rotatable bonds is 24. The highest BCUT2D eigenvalue weighted by Crippen LogP contribution is 2.15. The smallest absolute Gasteiger partial charge is 0.407 e. The van der Waals surface area contributed by atoms with Crippen LogP contribution < -0.4 is 5.32 Å². The Kier molecular flexibility index (Phi) is 18.9. The molecule has 234 valence electrons. The topological polar surface area (TPSA) is 88.2 Å². The van der Waals surface area contributed by atoms with Gasteiger partial charge in [-0.15, -0.1) is 0 Å². The van der Waals surface area contributed by atoms with Crippen LogP contribution in [0.3, 0.4) is 0 Å². The van der Waals surface area contributed by atoms with Crippen molar-refractivity contribution in [2.45, 2.75) is 122 Å². The van der Waals surface area contributed by atoms with Crippen molar-refractivity contribution in [2.24, 2.45) is 0 Å². The van der Waals surface area contributed by atoms with Crippen LogP contribution in [0, 0.1) is 0 Å². The number of nitrogens with one attached hydrogen (secondary N) is 1. The number of nitrogens with zero attached hydrogens (tertiary/aromatic N) is 3. The Balaban J connectivity index is 2.18. The molecule has 0 bridgehead atoms. The summed E-state index contributed by atoms with van der Waals surface area (Å²) >= 11 is 0. The highest BCUT2D eigenvalue weighted by atomic mass is 16.5. The second-order valence-electron chi connectivity index (χ2n) is 12.5. The van der Waals surface area contributed by atoms with E-state index in [2.05, 4.69) is 12.2 Å². The summed E-state index contributed by atoms with van der Waals surface area (Å²) in [6, 6.07) is -0.354. The van der Waals surface area contributed by atoms with E-state index in [0.717, 1.165) is 19.3 Å². The number of carbonyl (C=O) groups is 3. The van der Waals surface area contributed by atoms with Gasteiger partial charge in [0.1, 0.15) is 6.54 Å². The number of ether oxygens (including phenoxy) is 2. The average Bonchev–Trinajstić information content (AvgIpc) is 3.18. The van der Waals surface area contributed by atoms with Crippen LogP contribution in [0.2, 0.25) is 0 Å². The molecule has 1 heterocycles. The van der Waals surface area contributed by atoms with Gasteiger partial charge in [0.15, 0.2) is 0 Å². The lowest BCUT2D eigenvalue weighted by atomic mass is 10.0. The zero-order valence-electron chi connectivity index (χ0n) is 26.7. The van der Waals surface area contributed by atoms with E-state index >= 15 is 0 Å². The summed E-state index contributed by atoms with van der Waals surface area (Å²) in [6.45, 7) is 6.01. The van der Waals surface area contributed by atoms with Crippen molar-refractivity contribution in [3.8, 4) is 0 Å². The van der Waals surface area contributed by atoms with Crippen molar-refractivity contribution in [2.75, 3.05) is 61.0 Å². The highest BCUT2D eigenvalue weighted by molar-refractivity contribution is 6.01. The van der Waals surface area contributed by atoms with Crippen LogP contribution in [0.15, 0.2) is 0 Å². The standard InChI is InChI=1S/C31H60N4O5/c1-7-8-9-10-11-12-13-14-15-16-17-18-19-21-28(27(2)39-6)32-30(37)40-25-20-22-33-26-29(36)34(31(33)38)23-24-35(3,4)5/h27-28H,7-26H2,1-6H3/p+1. The maximum Gasteiger partial charge on any atom is 0.407 e. The normalized spacial score (nSPS) is 15.6. The van der Waals surface area contributed by atoms with E-state index in [4.69, 9.17) is 9.47 Å². The Morgan fingerprint density at radius 3 is 1.95 bits per heavy atom. The van der Waals surface area contributed by atoms with E-state index in [1.165, 1.54) is 80.4 Å². The largest absolute Gasteiger partial charge is 0.449 e. The molecule has 0 aromatic carbocycles. The number of hydrogen-bond donors (Lipinski definition) is 1. The van der Waals surface area contributed by atoms with Gasteiger partial charge in [0.05, 0.1) is 53.0 Å². The van der Waals surface area contributed by atoms with Crippen LogP contribution in [0.4, 0.5) is 9.59 Å². The van der Waals surface area contributed by atoms with E-state index in [9.17, 15) is 14.4 Å². The minimum atomic E-state index is -0.461. The zero-order valence-corrected chi connectivity index (χ0v) is 26.7. The quantitative estimate of drug-likeness (QED) is 0.0881. The molecule has 2 unspecified atom stereocenters. The Morgan fingerprint density at radius 1 is 0.875 bits per heavy atom. The minimum Gasteiger partial charge on any atom is -0.449 e. The zero-order chi connectivity index (χ0) is 29.8. The van der Waals surface area contributed by atoms with Crippen LogP contribution in [0.25, 0.3) is 0 Å². The van der Waals surface area contributed by atoms with Crippen LogP contribution in [-0.2, 0) is 14.3 Å². The fraction of sp³-hybridized carbons (Fsp3) is 0.903. The van der Waals surface area contributed by atoms with Gasteiger partial charge in [-0.3, -0.25) is 9.69 Å². The number of urea groups is 1. The van der Waals surface area contributed by atoms with Gasteiger partial charge in [-0.2, -0.15) is 0 Å². The van der Waals surface area contributed by atoms with E-state index in [1.807, 2.05) is 28.1 Å². The number of alkyl carbamates (subject to hydrolysis) is 1. The molecular weight excluding hydrogens is 508 g/mol. The first-order valence-electron chi connectivity index (χ1n) is 15.9. The van der Waals surface area contributed by atoms with Crippen LogP contribution >= 0.6 is 0 Å². The molecule has 1 aliphatic heterocycles. The Bertz CT molecular complexity index is 712. The fourth-order valence-corrected chi connectivity index (χ4v) is 4.97. The van der Waals surface area contributed by atoms with Crippen LogP contribution in [-0.4, -0.2) is 105 Å². The summed E-state index contributed by atoms with van der Waals surface area (Å²) in [7, 11) is 7.75. The van der Waals surface area contributed by atoms with Crippen LogP contribution in [0.5, 0.6) is 0 Å². The second-order valence-corrected chi connectivity index (χ2v) is 12.5. The molecule has 0 saturated carbocycles. The molecule has 0 aromatic rings. The van der Waals surface area contributed by atoms with E-state index in [-0.39, 0.29) is 37.2 Å². The van der Waals surface area contributed by atoms with Crippen molar-refractivity contribution >= 4 is 18.0 Å². The van der Waals surface area contributed by atoms with Crippen molar-refractivity contribution in [1.82, 2.24) is 15.1 Å². The molecule has 4 amide bonds. The molecule has 1 saturated heterocycles. The second kappa shape index (κ2) is 20.9. The third kappa shape index (κ3) is 16.4. The Labute approximate surface area is 244 Å². The molecule has 0 radical (unpaired) electrons. The van der Waals surface area contributed by atoms with E-state index in [1.54, 1.807) is 7.11 Å². The number of unbranched alkanes of at least 4 members (excludes halogenated alkanes) is 12. The summed E-state index contributed by atoms with van der Waals surface area (Å²) in [6.07, 6.45) is 17.8. The van der Waals surface area contributed by atoms with Gasteiger partial charge in [-0.1, -0.05) is 90.4 Å². The molecule has 1 aliphatic rings. The molecule has 1 N–H and O–H groups in total. The lowest BCUT2D eigenvalue weighted by Crippen LogP contribution is -2.44. The molecule has 1 fully saturated rings. The summed E-state index contributed by atoms with van der Waals surface area (Å²) in [5.41, 5.74) is 0. The van der Waals surface area contributed by atoms with Gasteiger partial charge < -0.3 is 24.2 Å². The number of methoxy groups -OCH3 is 1. The van der Waals surface area contributed by atoms with E-state index in [0.29, 0.717) is 30.5 Å². The third-order valence-electron chi connectivity index (χ3n) is 7.79. The predicted octanol–water partition coefficient (Wildman–Crippen LogP) is 5.96. The average molecular weight is 570 g/mol. The third-order valence-corrected chi connectivity index (χ3v) is 7.79. The van der Waals surface area contributed by atoms with Gasteiger partial charge >= 0.3 is 12.1 Å². The molecule has 0 aliphatic carbocycles. The molecular formula is C31H61N4O5+. The summed E-state index contributed by atoms with van der Waals surface area (Å²) in [5.74, 6) is -0.165. The number of hydrogen-bond acceptors (Lipinski definition) is 5. The molecule has 9 heteroatoms. The molecule has 2 atom stereocenters. The first-order chi connectivity index (χ1) is 19.1. The molecule has 9 nitrogen and oxygen atoms in total. The maximum atomic E-state index is 12.6. The summed E-state index contributed by atoms with van der Waals surface area (Å²) in [4.78, 5) is 40.1. The van der Waals surface area contributed by atoms with Gasteiger partial charge in [0.2, 0.25) is 0 Å². The molecule has 0 spiro atoms. The van der Waals surface area contributed by atoms with Gasteiger partial charge in [-0.25, -0.2) is 9.59 Å². The maximum absolute atomic E-state index is 12.6. The van der Waals surface area contributed by atoms with Gasteiger partial charge in [0.25, 0.3) is 5.91 Å². The SMILES string of the molecule is CCCCCCCCCCCCCCCC(NC(=O)OCCCN1CC(=O)N(CC[N+](C)(C)C)C1=O)C(C)OC. The fourth-order valence-electron chi connectivity index (χ4n) is 4.97. The number of carbonyl (C=O) groups excluding carboxylic acids is 3. The predicted molar refractivity (Wildman–Crippen MR) is 161 cm³/mol.